The number of hydrogen-bond donors (Lipinski definition) is 1. The number of rotatable bonds is 4. The molecule has 0 saturated heterocycles. The van der Waals surface area contributed by atoms with Crippen molar-refractivity contribution in [2.24, 2.45) is 0 Å². The van der Waals surface area contributed by atoms with Gasteiger partial charge in [0.05, 0.1) is 11.3 Å². The molecular formula is C18H15F2N3O2Si. The molecule has 132 valence electrons. The molecule has 0 fully saturated rings. The maximum Gasteiger partial charge on any atom is 0.354 e. The summed E-state index contributed by atoms with van der Waals surface area (Å²) in [6.45, 7) is 3.96. The molecule has 0 aliphatic rings. The van der Waals surface area contributed by atoms with Gasteiger partial charge in [-0.15, -0.1) is 0 Å². The first-order chi connectivity index (χ1) is 12.3. The summed E-state index contributed by atoms with van der Waals surface area (Å²) in [7, 11) is -2.43. The molecule has 0 aliphatic carbocycles. The van der Waals surface area contributed by atoms with E-state index in [0.29, 0.717) is 16.3 Å². The molecule has 0 spiro atoms. The van der Waals surface area contributed by atoms with E-state index in [1.165, 1.54) is 12.1 Å². The number of halogens is 2. The zero-order valence-corrected chi connectivity index (χ0v) is 15.1. The van der Waals surface area contributed by atoms with Crippen LogP contribution in [0, 0.1) is 11.9 Å². The van der Waals surface area contributed by atoms with Gasteiger partial charge in [-0.1, -0.05) is 25.2 Å². The lowest BCUT2D eigenvalue weighted by Gasteiger charge is -2.22. The van der Waals surface area contributed by atoms with Gasteiger partial charge in [0, 0.05) is 10.6 Å². The van der Waals surface area contributed by atoms with Crippen LogP contribution in [0.25, 0.3) is 11.3 Å². The van der Waals surface area contributed by atoms with Crippen molar-refractivity contribution in [3.63, 3.8) is 0 Å². The van der Waals surface area contributed by atoms with Gasteiger partial charge >= 0.3 is 5.97 Å². The summed E-state index contributed by atoms with van der Waals surface area (Å²) < 4.78 is 27.0. The molecule has 3 aromatic heterocycles. The summed E-state index contributed by atoms with van der Waals surface area (Å²) in [5, 5.41) is 10.5. The average Bonchev–Trinajstić information content (AvgIpc) is 2.62. The minimum absolute atomic E-state index is 0.0343. The standard InChI is InChI=1S/C18H15F2N3O2Si/c1-26(2,16-8-4-6-13(22-16)18(24)25)15-7-3-5-12(21-15)11-9-10-14(19)23-17(11)20/h3-10H,1-2H3,(H,24,25). The van der Waals surface area contributed by atoms with E-state index in [2.05, 4.69) is 15.0 Å². The Morgan fingerprint density at radius 1 is 0.923 bits per heavy atom. The van der Waals surface area contributed by atoms with Gasteiger partial charge in [0.2, 0.25) is 11.9 Å². The van der Waals surface area contributed by atoms with Crippen LogP contribution in [0.5, 0.6) is 0 Å². The minimum atomic E-state index is -2.43. The Bertz CT molecular complexity index is 996. The summed E-state index contributed by atoms with van der Waals surface area (Å²) >= 11 is 0. The Hall–Kier alpha value is -3.00. The lowest BCUT2D eigenvalue weighted by Crippen LogP contribution is -2.55. The largest absolute Gasteiger partial charge is 0.477 e. The maximum atomic E-state index is 14.0. The van der Waals surface area contributed by atoms with Crippen LogP contribution in [0.2, 0.25) is 13.1 Å². The van der Waals surface area contributed by atoms with E-state index in [-0.39, 0.29) is 11.3 Å². The van der Waals surface area contributed by atoms with Crippen LogP contribution in [0.1, 0.15) is 10.5 Å². The van der Waals surface area contributed by atoms with Crippen LogP contribution in [0.4, 0.5) is 8.78 Å². The Labute approximate surface area is 149 Å². The zero-order valence-electron chi connectivity index (χ0n) is 14.1. The maximum absolute atomic E-state index is 14.0. The van der Waals surface area contributed by atoms with Crippen molar-refractivity contribution >= 4 is 24.7 Å². The lowest BCUT2D eigenvalue weighted by atomic mass is 10.2. The number of aromatic nitrogens is 3. The van der Waals surface area contributed by atoms with Gasteiger partial charge in [-0.3, -0.25) is 9.97 Å². The predicted octanol–water partition coefficient (Wildman–Crippen LogP) is 2.34. The number of carboxylic acids is 1. The van der Waals surface area contributed by atoms with Crippen molar-refractivity contribution in [3.05, 3.63) is 66.1 Å². The molecule has 0 atom stereocenters. The Morgan fingerprint density at radius 2 is 1.58 bits per heavy atom. The van der Waals surface area contributed by atoms with Crippen LogP contribution in [-0.4, -0.2) is 34.1 Å². The second kappa shape index (κ2) is 6.72. The summed E-state index contributed by atoms with van der Waals surface area (Å²) in [5.41, 5.74) is 0.403. The van der Waals surface area contributed by atoms with E-state index in [1.54, 1.807) is 30.3 Å². The molecule has 1 N–H and O–H groups in total. The lowest BCUT2D eigenvalue weighted by molar-refractivity contribution is 0.0690. The minimum Gasteiger partial charge on any atom is -0.477 e. The van der Waals surface area contributed by atoms with Gasteiger partial charge in [0.15, 0.2) is 8.07 Å². The van der Waals surface area contributed by atoms with Crippen molar-refractivity contribution in [2.75, 3.05) is 0 Å². The fourth-order valence-corrected chi connectivity index (χ4v) is 4.66. The molecule has 5 nitrogen and oxygen atoms in total. The van der Waals surface area contributed by atoms with Crippen molar-refractivity contribution in [1.29, 1.82) is 0 Å². The van der Waals surface area contributed by atoms with E-state index in [0.717, 1.165) is 6.07 Å². The number of aromatic carboxylic acids is 1. The van der Waals surface area contributed by atoms with Crippen LogP contribution >= 0.6 is 0 Å². The third kappa shape index (κ3) is 3.36. The second-order valence-electron chi connectivity index (χ2n) is 6.22. The second-order valence-corrected chi connectivity index (χ2v) is 10.5. The molecule has 0 unspecified atom stereocenters. The van der Waals surface area contributed by atoms with Crippen molar-refractivity contribution in [3.8, 4) is 11.3 Å². The van der Waals surface area contributed by atoms with Gasteiger partial charge in [-0.2, -0.15) is 13.8 Å². The fourth-order valence-electron chi connectivity index (χ4n) is 2.57. The van der Waals surface area contributed by atoms with Crippen molar-refractivity contribution in [1.82, 2.24) is 15.0 Å². The molecule has 26 heavy (non-hydrogen) atoms. The SMILES string of the molecule is C[Si](C)(c1cccc(C(=O)O)n1)c1cccc(-c2ccc(F)nc2F)n1. The topological polar surface area (TPSA) is 76.0 Å². The Balaban J connectivity index is 2.06. The van der Waals surface area contributed by atoms with E-state index in [4.69, 9.17) is 5.11 Å². The van der Waals surface area contributed by atoms with Crippen LogP contribution < -0.4 is 10.6 Å². The number of pyridine rings is 3. The average molecular weight is 371 g/mol. The third-order valence-corrected chi connectivity index (χ3v) is 7.21. The normalized spacial score (nSPS) is 11.4. The van der Waals surface area contributed by atoms with Gasteiger partial charge in [0.1, 0.15) is 5.69 Å². The number of carbonyl (C=O) groups is 1. The van der Waals surface area contributed by atoms with Crippen LogP contribution in [-0.2, 0) is 0 Å². The molecule has 0 radical (unpaired) electrons. The first kappa shape index (κ1) is 17.8. The summed E-state index contributed by atoms with van der Waals surface area (Å²) in [5.74, 6) is -2.93. The molecule has 3 aromatic rings. The van der Waals surface area contributed by atoms with Gasteiger partial charge in [0.25, 0.3) is 0 Å². The van der Waals surface area contributed by atoms with Gasteiger partial charge in [-0.05, 0) is 36.4 Å². The van der Waals surface area contributed by atoms with Gasteiger partial charge < -0.3 is 5.11 Å². The smallest absolute Gasteiger partial charge is 0.354 e. The highest BCUT2D eigenvalue weighted by Gasteiger charge is 2.30. The fraction of sp³-hybridized carbons (Fsp3) is 0.111. The third-order valence-electron chi connectivity index (χ3n) is 4.09. The first-order valence-corrected chi connectivity index (χ1v) is 10.8. The molecule has 0 amide bonds. The molecule has 3 heterocycles. The summed E-state index contributed by atoms with van der Waals surface area (Å²) in [6.07, 6.45) is 0. The highest BCUT2D eigenvalue weighted by molar-refractivity contribution is 6.99. The van der Waals surface area contributed by atoms with E-state index in [1.807, 2.05) is 13.1 Å². The molecule has 0 aromatic carbocycles. The quantitative estimate of drug-likeness (QED) is 0.563. The Kier molecular flexibility index (Phi) is 4.60. The molecule has 0 aliphatic heterocycles. The van der Waals surface area contributed by atoms with Crippen LogP contribution in [0.3, 0.4) is 0 Å². The predicted molar refractivity (Wildman–Crippen MR) is 95.3 cm³/mol. The highest BCUT2D eigenvalue weighted by Crippen LogP contribution is 2.19. The van der Waals surface area contributed by atoms with E-state index < -0.39 is 25.9 Å². The zero-order chi connectivity index (χ0) is 18.9. The molecule has 0 saturated carbocycles. The molecule has 3 rings (SSSR count). The number of nitrogens with zero attached hydrogens (tertiary/aromatic N) is 3. The van der Waals surface area contributed by atoms with E-state index in [9.17, 15) is 13.6 Å². The summed E-state index contributed by atoms with van der Waals surface area (Å²) in [4.78, 5) is 23.1. The van der Waals surface area contributed by atoms with Crippen molar-refractivity contribution in [2.45, 2.75) is 13.1 Å². The molecule has 8 heteroatoms. The first-order valence-electron chi connectivity index (χ1n) is 7.80. The Morgan fingerprint density at radius 3 is 2.23 bits per heavy atom. The van der Waals surface area contributed by atoms with E-state index >= 15 is 0 Å². The van der Waals surface area contributed by atoms with Gasteiger partial charge in [-0.25, -0.2) is 4.79 Å². The summed E-state index contributed by atoms with van der Waals surface area (Å²) in [6, 6.07) is 12.4. The highest BCUT2D eigenvalue weighted by atomic mass is 28.3. The number of carboxylic acid groups (broad SMARTS) is 1. The molecule has 0 bridgehead atoms. The molecular weight excluding hydrogens is 356 g/mol. The van der Waals surface area contributed by atoms with Crippen LogP contribution in [0.15, 0.2) is 48.5 Å². The number of hydrogen-bond acceptors (Lipinski definition) is 4. The van der Waals surface area contributed by atoms with Crippen molar-refractivity contribution < 1.29 is 18.7 Å². The monoisotopic (exact) mass is 371 g/mol.